The van der Waals surface area contributed by atoms with Gasteiger partial charge in [-0.05, 0) is 47.4 Å². The van der Waals surface area contributed by atoms with Gasteiger partial charge in [-0.3, -0.25) is 9.32 Å². The van der Waals surface area contributed by atoms with Crippen LogP contribution in [0.4, 0.5) is 11.5 Å². The largest absolute Gasteiger partial charge is 0.728 e. The van der Waals surface area contributed by atoms with Gasteiger partial charge in [0.15, 0.2) is 5.82 Å². The van der Waals surface area contributed by atoms with Gasteiger partial charge in [0, 0.05) is 29.2 Å². The van der Waals surface area contributed by atoms with E-state index in [0.29, 0.717) is 41.2 Å². The Morgan fingerprint density at radius 3 is 2.77 bits per heavy atom. The fourth-order valence-electron chi connectivity index (χ4n) is 5.79. The predicted molar refractivity (Wildman–Crippen MR) is 161 cm³/mol. The molecule has 0 fully saturated rings. The third-order valence-corrected chi connectivity index (χ3v) is 9.76. The van der Waals surface area contributed by atoms with Gasteiger partial charge >= 0.3 is 13.4 Å². The molecule has 1 aliphatic heterocycles. The SMILES string of the molecule is C[n+]1cc(-c2cccc(N3CCc4c(sc5c4CC(C)(C)C5)C3=O)c2COP(=O)([O-])[NH2+]O)cn(Nc2ccncn2)c1=O.[NH4+]. The van der Waals surface area contributed by atoms with Gasteiger partial charge < -0.3 is 15.9 Å². The van der Waals surface area contributed by atoms with Gasteiger partial charge in [-0.15, -0.1) is 11.3 Å². The number of hydrogen-bond acceptors (Lipinski definition) is 10. The number of carbonyl (C=O) groups excluding carboxylic acids is 1. The topological polar surface area (TPSA) is 207 Å². The Kier molecular flexibility index (Phi) is 8.57. The van der Waals surface area contributed by atoms with E-state index in [1.165, 1.54) is 32.2 Å². The third kappa shape index (κ3) is 5.95. The number of nitrogens with one attached hydrogen (secondary N) is 1. The van der Waals surface area contributed by atoms with Gasteiger partial charge in [-0.2, -0.15) is 14.6 Å². The van der Waals surface area contributed by atoms with Gasteiger partial charge in [0.05, 0.1) is 29.8 Å². The zero-order chi connectivity index (χ0) is 30.5. The minimum Gasteiger partial charge on any atom is -0.728 e. The predicted octanol–water partition coefficient (Wildman–Crippen LogP) is 1.71. The number of anilines is 2. The Bertz CT molecular complexity index is 1840. The van der Waals surface area contributed by atoms with Crippen LogP contribution in [0.15, 0.2) is 54.0 Å². The van der Waals surface area contributed by atoms with E-state index in [1.54, 1.807) is 59.9 Å². The first-order valence-corrected chi connectivity index (χ1v) is 16.1. The molecule has 0 saturated heterocycles. The minimum absolute atomic E-state index is 0. The maximum Gasteiger partial charge on any atom is 0.521 e. The van der Waals surface area contributed by atoms with Gasteiger partial charge in [0.2, 0.25) is 0 Å². The van der Waals surface area contributed by atoms with Crippen molar-refractivity contribution in [3.8, 4) is 11.1 Å². The number of aryl methyl sites for hydroxylation is 1. The lowest BCUT2D eigenvalue weighted by Crippen LogP contribution is -2.77. The van der Waals surface area contributed by atoms with Crippen LogP contribution in [0.25, 0.3) is 11.1 Å². The minimum atomic E-state index is -4.67. The normalized spacial score (nSPS) is 16.6. The van der Waals surface area contributed by atoms with E-state index in [-0.39, 0.29) is 28.4 Å². The van der Waals surface area contributed by atoms with Gasteiger partial charge in [0.1, 0.15) is 18.7 Å². The molecule has 8 N–H and O–H groups in total. The molecule has 4 heterocycles. The van der Waals surface area contributed by atoms with Crippen molar-refractivity contribution in [3.63, 3.8) is 0 Å². The first-order chi connectivity index (χ1) is 20.5. The van der Waals surface area contributed by atoms with Crippen LogP contribution in [0.2, 0.25) is 0 Å². The summed E-state index contributed by atoms with van der Waals surface area (Å²) < 4.78 is 20.0. The molecule has 1 atom stereocenters. The molecule has 44 heavy (non-hydrogen) atoms. The van der Waals surface area contributed by atoms with Crippen LogP contribution in [0.5, 0.6) is 0 Å². The van der Waals surface area contributed by atoms with Crippen molar-refractivity contribution >= 4 is 36.5 Å². The van der Waals surface area contributed by atoms with Gasteiger partial charge in [-0.1, -0.05) is 30.7 Å². The number of fused-ring (bicyclic) bond motifs is 3. The highest BCUT2D eigenvalue weighted by Gasteiger charge is 2.38. The summed E-state index contributed by atoms with van der Waals surface area (Å²) >= 11 is 1.55. The van der Waals surface area contributed by atoms with E-state index in [9.17, 15) is 24.3 Å². The summed E-state index contributed by atoms with van der Waals surface area (Å²) in [6, 6.07) is 6.89. The van der Waals surface area contributed by atoms with E-state index < -0.39 is 14.4 Å². The highest BCUT2D eigenvalue weighted by Crippen LogP contribution is 2.46. The molecule has 0 radical (unpaired) electrons. The molecule has 1 aliphatic carbocycles. The quantitative estimate of drug-likeness (QED) is 0.125. The fourth-order valence-corrected chi connectivity index (χ4v) is 7.74. The van der Waals surface area contributed by atoms with E-state index in [1.807, 2.05) is 0 Å². The van der Waals surface area contributed by atoms with Crippen molar-refractivity contribution in [2.45, 2.75) is 39.7 Å². The van der Waals surface area contributed by atoms with Gasteiger partial charge in [0.25, 0.3) is 5.91 Å². The Morgan fingerprint density at radius 2 is 2.05 bits per heavy atom. The zero-order valence-corrected chi connectivity index (χ0v) is 26.5. The zero-order valence-electron chi connectivity index (χ0n) is 24.8. The van der Waals surface area contributed by atoms with Crippen LogP contribution in [-0.4, -0.2) is 32.3 Å². The number of benzene rings is 1. The van der Waals surface area contributed by atoms with Crippen LogP contribution in [-0.2, 0) is 42.0 Å². The number of nitrogens with two attached hydrogens (primary N) is 1. The molecule has 16 heteroatoms. The Morgan fingerprint density at radius 1 is 1.25 bits per heavy atom. The molecule has 1 unspecified atom stereocenters. The van der Waals surface area contributed by atoms with Crippen molar-refractivity contribution in [1.82, 2.24) is 20.8 Å². The number of thiophene rings is 1. The average molecular weight is 643 g/mol. The molecule has 6 rings (SSSR count). The van der Waals surface area contributed by atoms with Gasteiger partial charge in [-0.25, -0.2) is 25.2 Å². The number of nitrogens with zero attached hydrogens (tertiary/aromatic N) is 5. The molecular formula is C28H35N8O6PS+2. The molecule has 2 aliphatic rings. The van der Waals surface area contributed by atoms with Crippen LogP contribution in [0.3, 0.4) is 0 Å². The van der Waals surface area contributed by atoms with E-state index in [0.717, 1.165) is 23.3 Å². The second kappa shape index (κ2) is 11.9. The standard InChI is InChI=1S/C28H30N7O6PS.H3N/c1-28(2)11-20-19-8-10-34(26(36)25(19)43-23(20)12-28)22-6-4-5-18(21(22)15-41-42(39,40)32-38)17-13-33(3)27(37)35(14-17)31-24-7-9-29-16-30-24;/h4-7,9,13-14,16H,8,10-12,15H2,1-3H3,(H3-,29,30,31,32,38,39,40);1H3/p+2. The highest BCUT2D eigenvalue weighted by molar-refractivity contribution is 7.43. The number of aromatic nitrogens is 4. The molecule has 1 aromatic carbocycles. The molecule has 14 nitrogen and oxygen atoms in total. The van der Waals surface area contributed by atoms with Crippen molar-refractivity contribution in [1.29, 1.82) is 0 Å². The smallest absolute Gasteiger partial charge is 0.521 e. The second-order valence-electron chi connectivity index (χ2n) is 11.5. The first-order valence-electron chi connectivity index (χ1n) is 13.6. The summed E-state index contributed by atoms with van der Waals surface area (Å²) in [6.07, 6.45) is 8.62. The summed E-state index contributed by atoms with van der Waals surface area (Å²) in [5.41, 5.74) is 7.13. The maximum absolute atomic E-state index is 14.0. The Labute approximate surface area is 257 Å². The van der Waals surface area contributed by atoms with Crippen LogP contribution in [0, 0.1) is 5.41 Å². The monoisotopic (exact) mass is 642 g/mol. The Balaban J connectivity index is 0.00000384. The second-order valence-corrected chi connectivity index (χ2v) is 14.1. The number of hydrogen-bond donors (Lipinski definition) is 4. The van der Waals surface area contributed by atoms with E-state index in [2.05, 4.69) is 29.2 Å². The molecular weight excluding hydrogens is 607 g/mol. The maximum atomic E-state index is 14.0. The molecule has 0 spiro atoms. The number of quaternary nitrogens is 2. The van der Waals surface area contributed by atoms with Crippen LogP contribution in [0.1, 0.15) is 45.1 Å². The number of carbonyl (C=O) groups is 1. The molecule has 1 amide bonds. The lowest BCUT2D eigenvalue weighted by molar-refractivity contribution is -0.798. The Hall–Kier alpha value is -3.82. The third-order valence-electron chi connectivity index (χ3n) is 7.73. The summed E-state index contributed by atoms with van der Waals surface area (Å²) in [5.74, 6) is 0.245. The molecule has 0 saturated carbocycles. The van der Waals surface area contributed by atoms with E-state index in [4.69, 9.17) is 4.52 Å². The lowest BCUT2D eigenvalue weighted by Gasteiger charge is -2.30. The van der Waals surface area contributed by atoms with Crippen LogP contribution >= 0.6 is 19.1 Å². The molecule has 3 aromatic heterocycles. The number of rotatable bonds is 8. The van der Waals surface area contributed by atoms with Crippen molar-refractivity contribution in [2.75, 3.05) is 16.9 Å². The highest BCUT2D eigenvalue weighted by atomic mass is 32.1. The molecule has 232 valence electrons. The molecule has 4 aromatic rings. The summed E-state index contributed by atoms with van der Waals surface area (Å²) in [7, 11) is -3.08. The first kappa shape index (κ1) is 31.6. The lowest BCUT2D eigenvalue weighted by atomic mass is 9.89. The molecule has 0 bridgehead atoms. The summed E-state index contributed by atoms with van der Waals surface area (Å²) in [4.78, 5) is 50.7. The summed E-state index contributed by atoms with van der Waals surface area (Å²) in [6.45, 7) is 4.45. The summed E-state index contributed by atoms with van der Waals surface area (Å²) in [5, 5.41) is 9.24. The van der Waals surface area contributed by atoms with Crippen LogP contribution < -0.4 is 36.9 Å². The van der Waals surface area contributed by atoms with Crippen molar-refractivity contribution in [3.05, 3.63) is 86.1 Å². The fraction of sp³-hybridized carbons (Fsp3) is 0.321. The van der Waals surface area contributed by atoms with E-state index >= 15 is 0 Å². The van der Waals surface area contributed by atoms with Crippen molar-refractivity contribution in [2.24, 2.45) is 12.5 Å². The van der Waals surface area contributed by atoms with Crippen molar-refractivity contribution < 1.29 is 33.8 Å². The number of amides is 1. The average Bonchev–Trinajstić information content (AvgIpc) is 3.47.